The van der Waals surface area contributed by atoms with E-state index in [0.717, 1.165) is 30.8 Å². The SMILES string of the molecule is CC(C)(C)OC(=O)N1CC2CCC(C1)N2c1nc(-c2cccc(N)c2F)c(-c2ccnc(NC3CC4(C3)CS(O)(O)C4)n2)s1. The molecule has 236 valence electrons. The number of carbonyl (C=O) groups excluding carboxylic acids is 1. The van der Waals surface area contributed by atoms with Crippen molar-refractivity contribution in [2.75, 3.05) is 40.5 Å². The lowest BCUT2D eigenvalue weighted by Gasteiger charge is -2.63. The average Bonchev–Trinajstić information content (AvgIpc) is 3.45. The molecule has 3 aromatic rings. The van der Waals surface area contributed by atoms with E-state index in [9.17, 15) is 13.9 Å². The molecule has 5 heterocycles. The minimum absolute atomic E-state index is 0.0193. The molecule has 11 nitrogen and oxygen atoms in total. The fourth-order valence-corrected chi connectivity index (χ4v) is 10.7. The van der Waals surface area contributed by atoms with Crippen LogP contribution in [-0.4, -0.2) is 83.4 Å². The van der Waals surface area contributed by atoms with Crippen LogP contribution in [0.5, 0.6) is 0 Å². The molecule has 1 spiro atoms. The maximum atomic E-state index is 15.4. The average molecular weight is 644 g/mol. The quantitative estimate of drug-likeness (QED) is 0.248. The van der Waals surface area contributed by atoms with Gasteiger partial charge in [-0.05, 0) is 64.7 Å². The van der Waals surface area contributed by atoms with Crippen molar-refractivity contribution in [3.63, 3.8) is 0 Å². The zero-order valence-corrected chi connectivity index (χ0v) is 26.6. The molecular formula is C30H38FN7O4S2. The summed E-state index contributed by atoms with van der Waals surface area (Å²) in [5.41, 5.74) is 6.86. The van der Waals surface area contributed by atoms with Crippen LogP contribution in [0.1, 0.15) is 46.5 Å². The Morgan fingerprint density at radius 3 is 2.52 bits per heavy atom. The molecule has 1 saturated carbocycles. The number of nitrogen functional groups attached to an aromatic ring is 1. The first kappa shape index (κ1) is 29.5. The molecule has 4 fully saturated rings. The van der Waals surface area contributed by atoms with Gasteiger partial charge in [-0.15, -0.1) is 0 Å². The maximum absolute atomic E-state index is 15.4. The number of rotatable bonds is 5. The Morgan fingerprint density at radius 1 is 1.16 bits per heavy atom. The molecule has 0 radical (unpaired) electrons. The standard InChI is InChI=1S/C30H38FN7O4S2/c1-29(2,3)42-28(39)37-13-18-7-8-19(14-37)38(18)27-36-24(20-5-4-6-21(32)23(20)31)25(43-27)22-9-10-33-26(35-22)34-17-11-30(12-17)15-44(40,41)16-30/h4-6,9-10,17-19,40-41H,7-8,11-16,32H2,1-3H3,(H,33,34,35). The Balaban J connectivity index is 1.17. The van der Waals surface area contributed by atoms with Crippen molar-refractivity contribution in [2.24, 2.45) is 5.41 Å². The minimum atomic E-state index is -2.39. The van der Waals surface area contributed by atoms with Crippen molar-refractivity contribution in [3.8, 4) is 21.8 Å². The summed E-state index contributed by atoms with van der Waals surface area (Å²) in [5.74, 6) is 0.896. The third-order valence-electron chi connectivity index (χ3n) is 8.91. The van der Waals surface area contributed by atoms with Gasteiger partial charge in [-0.25, -0.2) is 24.1 Å². The van der Waals surface area contributed by atoms with Crippen molar-refractivity contribution >= 4 is 44.8 Å². The molecule has 2 aromatic heterocycles. The topological polar surface area (TPSA) is 150 Å². The summed E-state index contributed by atoms with van der Waals surface area (Å²) >= 11 is 1.46. The monoisotopic (exact) mass is 643 g/mol. The number of thiazole rings is 1. The second kappa shape index (κ2) is 10.4. The third kappa shape index (κ3) is 5.46. The summed E-state index contributed by atoms with van der Waals surface area (Å²) in [6, 6.07) is 7.01. The van der Waals surface area contributed by atoms with E-state index in [0.29, 0.717) is 52.4 Å². The highest BCUT2D eigenvalue weighted by atomic mass is 32.3. The number of aromatic nitrogens is 3. The molecule has 3 aliphatic heterocycles. The van der Waals surface area contributed by atoms with E-state index < -0.39 is 22.0 Å². The normalized spacial score (nSPS) is 24.5. The highest BCUT2D eigenvalue weighted by molar-refractivity contribution is 8.25. The molecular weight excluding hydrogens is 606 g/mol. The van der Waals surface area contributed by atoms with Crippen LogP contribution in [-0.2, 0) is 4.74 Å². The van der Waals surface area contributed by atoms with Gasteiger partial charge in [0, 0.05) is 59.9 Å². The van der Waals surface area contributed by atoms with Crippen LogP contribution in [0, 0.1) is 11.2 Å². The fraction of sp³-hybridized carbons (Fsp3) is 0.533. The molecule has 2 unspecified atom stereocenters. The van der Waals surface area contributed by atoms with E-state index in [1.54, 1.807) is 29.3 Å². The maximum Gasteiger partial charge on any atom is 0.410 e. The number of anilines is 3. The van der Waals surface area contributed by atoms with Crippen LogP contribution in [0.3, 0.4) is 0 Å². The number of halogens is 1. The second-order valence-electron chi connectivity index (χ2n) is 13.7. The highest BCUT2D eigenvalue weighted by Gasteiger charge is 2.56. The summed E-state index contributed by atoms with van der Waals surface area (Å²) in [4.78, 5) is 31.9. The summed E-state index contributed by atoms with van der Waals surface area (Å²) < 4.78 is 40.8. The minimum Gasteiger partial charge on any atom is -0.444 e. The van der Waals surface area contributed by atoms with Gasteiger partial charge in [0.2, 0.25) is 5.95 Å². The largest absolute Gasteiger partial charge is 0.444 e. The predicted octanol–water partition coefficient (Wildman–Crippen LogP) is 5.90. The number of nitrogens with one attached hydrogen (secondary N) is 1. The summed E-state index contributed by atoms with van der Waals surface area (Å²) in [6.45, 7) is 6.66. The fourth-order valence-electron chi connectivity index (χ4n) is 7.20. The summed E-state index contributed by atoms with van der Waals surface area (Å²) in [6.07, 6.45) is 4.90. The van der Waals surface area contributed by atoms with Gasteiger partial charge in [-0.3, -0.25) is 9.11 Å². The van der Waals surface area contributed by atoms with Crippen LogP contribution in [0.2, 0.25) is 0 Å². The zero-order chi connectivity index (χ0) is 31.0. The first-order valence-corrected chi connectivity index (χ1v) is 17.6. The van der Waals surface area contributed by atoms with Crippen molar-refractivity contribution in [1.82, 2.24) is 19.9 Å². The molecule has 7 rings (SSSR count). The van der Waals surface area contributed by atoms with Gasteiger partial charge in [0.15, 0.2) is 10.9 Å². The molecule has 2 bridgehead atoms. The van der Waals surface area contributed by atoms with Gasteiger partial charge in [0.1, 0.15) is 5.60 Å². The van der Waals surface area contributed by atoms with Gasteiger partial charge in [-0.2, -0.15) is 10.6 Å². The Labute approximate surface area is 261 Å². The second-order valence-corrected chi connectivity index (χ2v) is 16.8. The van der Waals surface area contributed by atoms with Gasteiger partial charge < -0.3 is 25.6 Å². The number of carbonyl (C=O) groups is 1. The first-order valence-electron chi connectivity index (χ1n) is 14.9. The van der Waals surface area contributed by atoms with Crippen LogP contribution >= 0.6 is 21.9 Å². The van der Waals surface area contributed by atoms with Crippen LogP contribution < -0.4 is 16.0 Å². The van der Waals surface area contributed by atoms with Gasteiger partial charge in [-0.1, -0.05) is 17.4 Å². The smallest absolute Gasteiger partial charge is 0.410 e. The van der Waals surface area contributed by atoms with Crippen molar-refractivity contribution in [1.29, 1.82) is 0 Å². The Morgan fingerprint density at radius 2 is 1.86 bits per heavy atom. The number of benzene rings is 1. The number of likely N-dealkylation sites (tertiary alicyclic amines) is 1. The van der Waals surface area contributed by atoms with Gasteiger partial charge in [0.25, 0.3) is 0 Å². The predicted molar refractivity (Wildman–Crippen MR) is 172 cm³/mol. The van der Waals surface area contributed by atoms with Crippen molar-refractivity contribution in [3.05, 3.63) is 36.3 Å². The van der Waals surface area contributed by atoms with Crippen LogP contribution in [0.25, 0.3) is 21.8 Å². The van der Waals surface area contributed by atoms with Crippen molar-refractivity contribution < 1.29 is 23.0 Å². The number of nitrogens with two attached hydrogens (primary N) is 1. The van der Waals surface area contributed by atoms with Gasteiger partial charge >= 0.3 is 6.09 Å². The van der Waals surface area contributed by atoms with Crippen LogP contribution in [0.4, 0.5) is 26.0 Å². The molecule has 4 aliphatic rings. The molecule has 14 heteroatoms. The molecule has 44 heavy (non-hydrogen) atoms. The van der Waals surface area contributed by atoms with E-state index in [2.05, 4.69) is 15.2 Å². The van der Waals surface area contributed by atoms with E-state index in [1.165, 1.54) is 17.4 Å². The summed E-state index contributed by atoms with van der Waals surface area (Å²) in [7, 11) is -2.39. The highest BCUT2D eigenvalue weighted by Crippen LogP contribution is 2.66. The molecule has 2 atom stereocenters. The molecule has 1 amide bonds. The van der Waals surface area contributed by atoms with Gasteiger partial charge in [0.05, 0.1) is 22.0 Å². The number of ether oxygens (including phenoxy) is 1. The van der Waals surface area contributed by atoms with E-state index in [1.807, 2.05) is 20.8 Å². The van der Waals surface area contributed by atoms with E-state index in [-0.39, 0.29) is 35.3 Å². The Kier molecular flexibility index (Phi) is 6.99. The number of amides is 1. The number of nitrogens with zero attached hydrogens (tertiary/aromatic N) is 5. The number of hydrogen-bond acceptors (Lipinski definition) is 11. The zero-order valence-electron chi connectivity index (χ0n) is 25.0. The van der Waals surface area contributed by atoms with Crippen molar-refractivity contribution in [2.45, 2.75) is 70.2 Å². The lowest BCUT2D eigenvalue weighted by atomic mass is 9.67. The Hall–Kier alpha value is -3.20. The molecule has 3 saturated heterocycles. The lowest BCUT2D eigenvalue weighted by Crippen LogP contribution is -2.57. The molecule has 5 N–H and O–H groups in total. The number of fused-ring (bicyclic) bond motifs is 2. The first-order chi connectivity index (χ1) is 20.8. The molecule has 1 aromatic carbocycles. The number of piperazine rings is 1. The number of hydrogen-bond donors (Lipinski definition) is 4. The molecule has 1 aliphatic carbocycles. The van der Waals surface area contributed by atoms with E-state index >= 15 is 4.39 Å². The summed E-state index contributed by atoms with van der Waals surface area (Å²) in [5, 5.41) is 4.15. The lowest BCUT2D eigenvalue weighted by molar-refractivity contribution is 0.0209. The van der Waals surface area contributed by atoms with E-state index in [4.69, 9.17) is 20.4 Å². The Bertz CT molecular complexity index is 1580. The van der Waals surface area contributed by atoms with Crippen LogP contribution in [0.15, 0.2) is 30.5 Å². The third-order valence-corrected chi connectivity index (χ3v) is 12.1.